The average Bonchev–Trinajstić information content (AvgIpc) is 4.03. The molecule has 5 fully saturated rings. The highest BCUT2D eigenvalue weighted by atomic mass is 16.7. The van der Waals surface area contributed by atoms with Crippen molar-refractivity contribution < 1.29 is 136 Å². The molecule has 0 saturated carbocycles. The number of nitrogens with one attached hydrogen (secondary N) is 2. The molecule has 5 rings (SSSR count). The number of carbonyl (C=O) groups excluding carboxylic acids is 11. The highest BCUT2D eigenvalue weighted by Gasteiger charge is 2.45. The summed E-state index contributed by atoms with van der Waals surface area (Å²) in [5.41, 5.74) is 12.0. The zero-order valence-electron chi connectivity index (χ0n) is 35.6. The number of hydrogen-bond acceptors (Lipinski definition) is 25. The summed E-state index contributed by atoms with van der Waals surface area (Å²) >= 11 is 0. The number of amides is 3. The zero-order chi connectivity index (χ0) is 53.1. The van der Waals surface area contributed by atoms with Crippen molar-refractivity contribution in [2.24, 2.45) is 11.5 Å². The first kappa shape index (κ1) is 67.1. The summed E-state index contributed by atoms with van der Waals surface area (Å²) < 4.78 is 16.9. The van der Waals surface area contributed by atoms with Crippen LogP contribution in [-0.2, 0) is 105 Å². The number of carboxylic acid groups (broad SMARTS) is 6. The zero-order valence-corrected chi connectivity index (χ0v) is 35.6. The highest BCUT2D eigenvalue weighted by molar-refractivity contribution is 6.08. The summed E-state index contributed by atoms with van der Waals surface area (Å²) in [6.45, 7) is 0.111. The van der Waals surface area contributed by atoms with E-state index in [4.69, 9.17) is 46.9 Å². The van der Waals surface area contributed by atoms with Gasteiger partial charge in [0.1, 0.15) is 30.2 Å². The number of ether oxygens (including phenoxy) is 4. The second kappa shape index (κ2) is 34.2. The highest BCUT2D eigenvalue weighted by Crippen LogP contribution is 2.22. The summed E-state index contributed by atoms with van der Waals surface area (Å²) in [5.74, 6) is -13.4. The van der Waals surface area contributed by atoms with Crippen molar-refractivity contribution in [2.45, 2.75) is 129 Å². The van der Waals surface area contributed by atoms with E-state index in [1.807, 2.05) is 0 Å². The van der Waals surface area contributed by atoms with Crippen LogP contribution in [0.2, 0.25) is 0 Å². The molecule has 5 atom stereocenters. The monoisotopic (exact) mass is 1030 g/mol. The molecule has 0 aliphatic carbocycles. The molecule has 12 N–H and O–H groups in total. The predicted molar refractivity (Wildman–Crippen MR) is 220 cm³/mol. The van der Waals surface area contributed by atoms with Gasteiger partial charge in [0.25, 0.3) is 0 Å². The van der Waals surface area contributed by atoms with Gasteiger partial charge in [-0.15, -0.1) is 0 Å². The second-order valence-corrected chi connectivity index (χ2v) is 13.6. The molecule has 0 spiro atoms. The SMILES string of the molecule is C.C.NC(CC(=O)O)C(=O)O.NC(CC(=O)O)C(=O)O.O=C(CCCONC1CC(=O)OC1=O)NC1CC(=O)OC1=O.O=C(O)CCC(=O)O.O=C1CC(N2C(=O)CCC2=O)C(=O)O1.O=C1CCC(=O)O1. The maximum atomic E-state index is 11.5. The molecule has 5 aliphatic heterocycles. The van der Waals surface area contributed by atoms with Crippen molar-refractivity contribution in [3.05, 3.63) is 0 Å². The molecule has 33 heteroatoms. The number of imide groups is 1. The molecule has 5 unspecified atom stereocenters. The fraction of sp³-hybridized carbons (Fsp3) is 0.553. The van der Waals surface area contributed by atoms with Gasteiger partial charge in [0.15, 0.2) is 0 Å². The Labute approximate surface area is 399 Å². The third kappa shape index (κ3) is 29.4. The Bertz CT molecular complexity index is 1960. The van der Waals surface area contributed by atoms with E-state index < -0.39 is 144 Å². The quantitative estimate of drug-likeness (QED) is 0.0165. The lowest BCUT2D eigenvalue weighted by atomic mass is 10.2. The molecule has 5 heterocycles. The number of nitrogens with two attached hydrogens (primary N) is 2. The van der Waals surface area contributed by atoms with Gasteiger partial charge in [0, 0.05) is 19.3 Å². The summed E-state index contributed by atoms with van der Waals surface area (Å²) in [5, 5.41) is 50.2. The Morgan fingerprint density at radius 3 is 1.23 bits per heavy atom. The minimum atomic E-state index is -1.29. The molecule has 0 aromatic rings. The van der Waals surface area contributed by atoms with Crippen molar-refractivity contribution >= 4 is 101 Å². The van der Waals surface area contributed by atoms with Crippen molar-refractivity contribution in [3.63, 3.8) is 0 Å². The van der Waals surface area contributed by atoms with E-state index in [2.05, 4.69) is 29.7 Å². The standard InChI is InChI=1S/C12H14N2O8.C8H7NO5.2C4H7NO4.C4H6O4.C4H4O3.2CH4/c15-8(13-6-4-9(16)21-11(6)18)2-1-3-20-14-7-5-10(17)22-12(7)19;10-5-1-2-6(11)9(5)4-3-7(12)14-8(4)13;2*5-2(4(8)9)1-3(6)7;5-3(6)1-2-4(7)8;5-3-1-2-4(6)7-3;;/h6-7,14H,1-5H2,(H,13,15);4H,1-3H2;2*2H,1,5H2,(H,6,7)(H,8,9);1-2H2,(H,5,6)(H,7,8);1-2H2;2*1H4. The van der Waals surface area contributed by atoms with Crippen LogP contribution in [0, 0.1) is 0 Å². The number of esters is 8. The van der Waals surface area contributed by atoms with Gasteiger partial charge in [-0.25, -0.2) is 14.4 Å². The summed E-state index contributed by atoms with van der Waals surface area (Å²) in [6.07, 6.45) is -1.02. The summed E-state index contributed by atoms with van der Waals surface area (Å²) in [7, 11) is 0. The van der Waals surface area contributed by atoms with E-state index in [0.717, 1.165) is 4.90 Å². The van der Waals surface area contributed by atoms with Gasteiger partial charge in [0.2, 0.25) is 17.7 Å². The van der Waals surface area contributed by atoms with E-state index >= 15 is 0 Å². The van der Waals surface area contributed by atoms with E-state index in [9.17, 15) is 81.5 Å². The minimum Gasteiger partial charge on any atom is -0.481 e. The smallest absolute Gasteiger partial charge is 0.337 e. The summed E-state index contributed by atoms with van der Waals surface area (Å²) in [4.78, 5) is 184. The van der Waals surface area contributed by atoms with Crippen molar-refractivity contribution in [3.8, 4) is 0 Å². The van der Waals surface area contributed by atoms with Crippen LogP contribution in [0.3, 0.4) is 0 Å². The lowest BCUT2D eigenvalue weighted by Crippen LogP contribution is -2.42. The lowest BCUT2D eigenvalue weighted by Gasteiger charge is -2.16. The van der Waals surface area contributed by atoms with Crippen molar-refractivity contribution in [2.75, 3.05) is 6.61 Å². The van der Waals surface area contributed by atoms with Crippen LogP contribution in [0.25, 0.3) is 0 Å². The molecule has 0 aromatic heterocycles. The average molecular weight is 1030 g/mol. The first-order valence-corrected chi connectivity index (χ1v) is 19.4. The molecular formula is C38H53N5O28. The number of carboxylic acids is 6. The number of hydroxylamine groups is 1. The molecule has 5 aliphatic rings. The Kier molecular flexibility index (Phi) is 32.3. The Morgan fingerprint density at radius 2 is 0.930 bits per heavy atom. The van der Waals surface area contributed by atoms with Crippen molar-refractivity contribution in [1.29, 1.82) is 0 Å². The maximum Gasteiger partial charge on any atom is 0.337 e. The van der Waals surface area contributed by atoms with E-state index in [0.29, 0.717) is 6.42 Å². The third-order valence-electron chi connectivity index (χ3n) is 7.94. The van der Waals surface area contributed by atoms with Gasteiger partial charge in [-0.3, -0.25) is 72.0 Å². The van der Waals surface area contributed by atoms with E-state index in [1.54, 1.807) is 0 Å². The molecule has 5 saturated heterocycles. The molecule has 0 aromatic carbocycles. The number of aliphatic carboxylic acids is 6. The number of likely N-dealkylation sites (tertiary alicyclic amines) is 1. The molecular weight excluding hydrogens is 974 g/mol. The van der Waals surface area contributed by atoms with Crippen LogP contribution >= 0.6 is 0 Å². The van der Waals surface area contributed by atoms with E-state index in [1.165, 1.54) is 0 Å². The van der Waals surface area contributed by atoms with Crippen LogP contribution in [0.4, 0.5) is 0 Å². The van der Waals surface area contributed by atoms with Gasteiger partial charge in [0.05, 0.1) is 64.4 Å². The summed E-state index contributed by atoms with van der Waals surface area (Å²) in [6, 6.07) is -5.37. The minimum absolute atomic E-state index is 0. The maximum absolute atomic E-state index is 11.5. The number of nitrogens with zero attached hydrogens (tertiary/aromatic N) is 1. The first-order valence-electron chi connectivity index (χ1n) is 19.4. The Balaban J connectivity index is -0.000000824. The third-order valence-corrected chi connectivity index (χ3v) is 7.94. The largest absolute Gasteiger partial charge is 0.481 e. The lowest BCUT2D eigenvalue weighted by molar-refractivity contribution is -0.157. The molecule has 71 heavy (non-hydrogen) atoms. The van der Waals surface area contributed by atoms with Gasteiger partial charge in [-0.1, -0.05) is 14.9 Å². The van der Waals surface area contributed by atoms with Gasteiger partial charge < -0.3 is 71.2 Å². The van der Waals surface area contributed by atoms with E-state index in [-0.39, 0.29) is 85.7 Å². The Morgan fingerprint density at radius 1 is 0.535 bits per heavy atom. The molecule has 0 bridgehead atoms. The normalized spacial score (nSPS) is 19.1. The second-order valence-electron chi connectivity index (χ2n) is 13.6. The molecule has 0 radical (unpaired) electrons. The topological polar surface area (TPSA) is 537 Å². The number of cyclic esters (lactones) is 8. The van der Waals surface area contributed by atoms with Gasteiger partial charge in [-0.05, 0) is 6.42 Å². The fourth-order valence-corrected chi connectivity index (χ4v) is 4.68. The number of carbonyl (C=O) groups is 17. The van der Waals surface area contributed by atoms with Crippen LogP contribution in [-0.4, -0.2) is 174 Å². The van der Waals surface area contributed by atoms with Crippen LogP contribution < -0.4 is 22.3 Å². The van der Waals surface area contributed by atoms with Gasteiger partial charge in [-0.2, -0.15) is 5.48 Å². The van der Waals surface area contributed by atoms with Crippen LogP contribution in [0.15, 0.2) is 0 Å². The van der Waals surface area contributed by atoms with Crippen LogP contribution in [0.5, 0.6) is 0 Å². The Hall–Kier alpha value is -8.17. The first-order chi connectivity index (χ1) is 32.0. The predicted octanol–water partition coefficient (Wildman–Crippen LogP) is -4.13. The fourth-order valence-electron chi connectivity index (χ4n) is 4.68. The molecule has 398 valence electrons. The van der Waals surface area contributed by atoms with Gasteiger partial charge >= 0.3 is 83.6 Å². The molecule has 33 nitrogen and oxygen atoms in total. The molecule has 3 amide bonds. The number of hydrogen-bond donors (Lipinski definition) is 10. The number of rotatable bonds is 17. The van der Waals surface area contributed by atoms with Crippen LogP contribution in [0.1, 0.15) is 98.3 Å². The van der Waals surface area contributed by atoms with Crippen molar-refractivity contribution in [1.82, 2.24) is 15.7 Å².